The van der Waals surface area contributed by atoms with Crippen LogP contribution in [-0.4, -0.2) is 41.5 Å². The van der Waals surface area contributed by atoms with E-state index in [1.165, 1.54) is 18.1 Å². The summed E-state index contributed by atoms with van der Waals surface area (Å²) in [6, 6.07) is 11.4. The number of esters is 1. The molecule has 2 heterocycles. The van der Waals surface area contributed by atoms with Gasteiger partial charge in [-0.25, -0.2) is 9.78 Å². The molecule has 0 bridgehead atoms. The number of benzene rings is 2. The Morgan fingerprint density at radius 1 is 1.19 bits per heavy atom. The summed E-state index contributed by atoms with van der Waals surface area (Å²) in [6.45, 7) is 8.87. The zero-order chi connectivity index (χ0) is 26.9. The average molecular weight is 519 g/mol. The van der Waals surface area contributed by atoms with Gasteiger partial charge in [-0.05, 0) is 50.1 Å². The van der Waals surface area contributed by atoms with E-state index in [9.17, 15) is 19.5 Å². The van der Waals surface area contributed by atoms with Crippen molar-refractivity contribution in [1.29, 1.82) is 0 Å². The molecule has 4 rings (SSSR count). The molecule has 1 aliphatic rings. The van der Waals surface area contributed by atoms with E-state index in [-0.39, 0.29) is 27.9 Å². The predicted octanol–water partition coefficient (Wildman–Crippen LogP) is 5.05. The Hall–Kier alpha value is -4.24. The Balaban J connectivity index is 1.93. The number of ketones is 1. The molecule has 1 atom stereocenters. The largest absolute Gasteiger partial charge is 0.507 e. The summed E-state index contributed by atoms with van der Waals surface area (Å²) in [7, 11) is 1.51. The van der Waals surface area contributed by atoms with Gasteiger partial charge in [0.1, 0.15) is 23.0 Å². The van der Waals surface area contributed by atoms with E-state index in [2.05, 4.69) is 11.6 Å². The first-order valence-corrected chi connectivity index (χ1v) is 12.3. The number of rotatable bonds is 7. The average Bonchev–Trinajstić information content (AvgIpc) is 3.40. The molecular formula is C28H26N2O6S. The van der Waals surface area contributed by atoms with Crippen LogP contribution < -0.4 is 9.64 Å². The predicted molar refractivity (Wildman–Crippen MR) is 141 cm³/mol. The highest BCUT2D eigenvalue weighted by molar-refractivity contribution is 7.17. The number of aliphatic hydroxyl groups excluding tert-OH is 1. The number of hydrogen-bond donors (Lipinski definition) is 1. The van der Waals surface area contributed by atoms with Crippen LogP contribution in [0.4, 0.5) is 5.13 Å². The number of aryl methyl sites for hydroxylation is 3. The number of aliphatic hydroxyl groups is 1. The van der Waals surface area contributed by atoms with E-state index in [1.807, 2.05) is 26.0 Å². The fraction of sp³-hybridized carbons (Fsp3) is 0.214. The van der Waals surface area contributed by atoms with Crippen LogP contribution in [0.5, 0.6) is 5.75 Å². The lowest BCUT2D eigenvalue weighted by atomic mass is 9.93. The maximum absolute atomic E-state index is 13.4. The zero-order valence-electron chi connectivity index (χ0n) is 20.9. The molecule has 0 saturated carbocycles. The van der Waals surface area contributed by atoms with Gasteiger partial charge in [0.15, 0.2) is 5.13 Å². The van der Waals surface area contributed by atoms with E-state index in [0.717, 1.165) is 22.5 Å². The number of anilines is 1. The number of hydrogen-bond acceptors (Lipinski definition) is 8. The highest BCUT2D eigenvalue weighted by Crippen LogP contribution is 2.44. The van der Waals surface area contributed by atoms with E-state index < -0.39 is 23.7 Å². The summed E-state index contributed by atoms with van der Waals surface area (Å²) >= 11 is 0.942. The van der Waals surface area contributed by atoms with Crippen molar-refractivity contribution in [3.8, 4) is 5.75 Å². The van der Waals surface area contributed by atoms with Crippen LogP contribution in [-0.2, 0) is 14.3 Å². The fourth-order valence-electron chi connectivity index (χ4n) is 4.17. The van der Waals surface area contributed by atoms with Gasteiger partial charge in [-0.15, -0.1) is 0 Å². The molecule has 1 aliphatic heterocycles. The third-order valence-corrected chi connectivity index (χ3v) is 7.15. The van der Waals surface area contributed by atoms with Crippen LogP contribution in [0.25, 0.3) is 5.76 Å². The third-order valence-electron chi connectivity index (χ3n) is 6.01. The van der Waals surface area contributed by atoms with Crippen LogP contribution in [0.2, 0.25) is 0 Å². The van der Waals surface area contributed by atoms with Gasteiger partial charge in [0.05, 0.1) is 24.4 Å². The summed E-state index contributed by atoms with van der Waals surface area (Å²) in [5.74, 6) is -2.09. The Kier molecular flexibility index (Phi) is 7.26. The van der Waals surface area contributed by atoms with Crippen molar-refractivity contribution in [2.24, 2.45) is 0 Å². The van der Waals surface area contributed by atoms with Crippen LogP contribution in [0.1, 0.15) is 43.7 Å². The van der Waals surface area contributed by atoms with Crippen molar-refractivity contribution in [3.63, 3.8) is 0 Å². The minimum absolute atomic E-state index is 0.0235. The molecular weight excluding hydrogens is 492 g/mol. The fourth-order valence-corrected chi connectivity index (χ4v) is 5.16. The second-order valence-corrected chi connectivity index (χ2v) is 9.54. The SMILES string of the molecule is C=CCOC(=O)c1sc(N2C(=O)C(=O)C(=C(O)c3cc(C)ccc3C)C2c2cccc(OC)c2)nc1C. The molecule has 0 spiro atoms. The quantitative estimate of drug-likeness (QED) is 0.153. The van der Waals surface area contributed by atoms with Gasteiger partial charge in [0, 0.05) is 5.56 Å². The van der Waals surface area contributed by atoms with Gasteiger partial charge in [0.2, 0.25) is 0 Å². The first-order valence-electron chi connectivity index (χ1n) is 11.5. The molecule has 8 nitrogen and oxygen atoms in total. The van der Waals surface area contributed by atoms with Crippen molar-refractivity contribution in [2.75, 3.05) is 18.6 Å². The second-order valence-electron chi connectivity index (χ2n) is 8.56. The third kappa shape index (κ3) is 4.77. The summed E-state index contributed by atoms with van der Waals surface area (Å²) in [5, 5.41) is 11.6. The van der Waals surface area contributed by atoms with Crippen LogP contribution in [0, 0.1) is 20.8 Å². The standard InChI is InChI=1S/C28H26N2O6S/c1-6-12-36-27(34)25-17(4)29-28(37-25)30-22(18-8-7-9-19(14-18)35-5)21(24(32)26(30)33)23(31)20-13-15(2)10-11-16(20)3/h6-11,13-14,22,31H,1,12H2,2-5H3. The van der Waals surface area contributed by atoms with Gasteiger partial charge < -0.3 is 14.6 Å². The monoisotopic (exact) mass is 518 g/mol. The zero-order valence-corrected chi connectivity index (χ0v) is 21.7. The molecule has 37 heavy (non-hydrogen) atoms. The highest BCUT2D eigenvalue weighted by atomic mass is 32.1. The molecule has 190 valence electrons. The molecule has 1 fully saturated rings. The summed E-state index contributed by atoms with van der Waals surface area (Å²) in [4.78, 5) is 45.3. The van der Waals surface area contributed by atoms with E-state index in [4.69, 9.17) is 9.47 Å². The van der Waals surface area contributed by atoms with Crippen molar-refractivity contribution in [2.45, 2.75) is 26.8 Å². The Labute approximate surface area is 218 Å². The summed E-state index contributed by atoms with van der Waals surface area (Å²) in [5.41, 5.74) is 2.91. The molecule has 9 heteroatoms. The molecule has 0 radical (unpaired) electrons. The van der Waals surface area contributed by atoms with Crippen molar-refractivity contribution < 1.29 is 29.0 Å². The van der Waals surface area contributed by atoms with Crippen molar-refractivity contribution in [1.82, 2.24) is 4.98 Å². The Morgan fingerprint density at radius 2 is 1.95 bits per heavy atom. The van der Waals surface area contributed by atoms with Crippen molar-refractivity contribution in [3.05, 3.63) is 93.5 Å². The topological polar surface area (TPSA) is 106 Å². The number of carbonyl (C=O) groups excluding carboxylic acids is 3. The van der Waals surface area contributed by atoms with Gasteiger partial charge in [-0.2, -0.15) is 0 Å². The lowest BCUT2D eigenvalue weighted by Crippen LogP contribution is -2.29. The minimum atomic E-state index is -1.00. The maximum Gasteiger partial charge on any atom is 0.350 e. The maximum atomic E-state index is 13.4. The number of methoxy groups -OCH3 is 1. The molecule has 1 N–H and O–H groups in total. The molecule has 1 amide bonds. The number of aromatic nitrogens is 1. The van der Waals surface area contributed by atoms with Gasteiger partial charge in [-0.1, -0.05) is 53.8 Å². The van der Waals surface area contributed by atoms with Gasteiger partial charge in [-0.3, -0.25) is 14.5 Å². The number of amides is 1. The number of ether oxygens (including phenoxy) is 2. The lowest BCUT2D eigenvalue weighted by molar-refractivity contribution is -0.132. The summed E-state index contributed by atoms with van der Waals surface area (Å²) in [6.07, 6.45) is 1.45. The van der Waals surface area contributed by atoms with Crippen LogP contribution >= 0.6 is 11.3 Å². The first kappa shape index (κ1) is 25.8. The number of Topliss-reactive ketones (excluding diaryl/α,β-unsaturated/α-hetero) is 1. The molecule has 1 unspecified atom stereocenters. The first-order chi connectivity index (χ1) is 17.7. The normalized spacial score (nSPS) is 16.6. The van der Waals surface area contributed by atoms with Gasteiger partial charge in [0.25, 0.3) is 5.78 Å². The van der Waals surface area contributed by atoms with E-state index in [1.54, 1.807) is 37.3 Å². The molecule has 1 saturated heterocycles. The molecule has 0 aliphatic carbocycles. The number of nitrogens with zero attached hydrogens (tertiary/aromatic N) is 2. The second kappa shape index (κ2) is 10.4. The minimum Gasteiger partial charge on any atom is -0.507 e. The smallest absolute Gasteiger partial charge is 0.350 e. The van der Waals surface area contributed by atoms with Crippen LogP contribution in [0.15, 0.2) is 60.7 Å². The van der Waals surface area contributed by atoms with Crippen LogP contribution in [0.3, 0.4) is 0 Å². The Morgan fingerprint density at radius 3 is 2.65 bits per heavy atom. The summed E-state index contributed by atoms with van der Waals surface area (Å²) < 4.78 is 10.5. The lowest BCUT2D eigenvalue weighted by Gasteiger charge is -2.23. The molecule has 2 aromatic carbocycles. The Bertz CT molecular complexity index is 1450. The van der Waals surface area contributed by atoms with E-state index in [0.29, 0.717) is 22.6 Å². The number of carbonyl (C=O) groups is 3. The highest BCUT2D eigenvalue weighted by Gasteiger charge is 2.48. The number of thiazole rings is 1. The van der Waals surface area contributed by atoms with Crippen molar-refractivity contribution >= 4 is 39.9 Å². The molecule has 1 aromatic heterocycles. The van der Waals surface area contributed by atoms with Gasteiger partial charge >= 0.3 is 11.9 Å². The molecule has 3 aromatic rings. The van der Waals surface area contributed by atoms with E-state index >= 15 is 0 Å².